The van der Waals surface area contributed by atoms with E-state index in [1.165, 1.54) is 0 Å². The largest absolute Gasteiger partial charge is 0.456 e. The van der Waals surface area contributed by atoms with Gasteiger partial charge in [-0.05, 0) is 53.1 Å². The molecule has 0 fully saturated rings. The summed E-state index contributed by atoms with van der Waals surface area (Å²) < 4.78 is 12.6. The molecule has 0 spiro atoms. The van der Waals surface area contributed by atoms with Gasteiger partial charge in [0.05, 0.1) is 11.0 Å². The van der Waals surface area contributed by atoms with Gasteiger partial charge >= 0.3 is 0 Å². The van der Waals surface area contributed by atoms with E-state index in [9.17, 15) is 0 Å². The Kier molecular flexibility index (Phi) is 6.72. The van der Waals surface area contributed by atoms with Crippen molar-refractivity contribution in [3.63, 3.8) is 0 Å². The van der Waals surface area contributed by atoms with Crippen LogP contribution in [0.1, 0.15) is 0 Å². The molecule has 11 aromatic rings. The Bertz CT molecular complexity index is 3220. The first-order valence-corrected chi connectivity index (χ1v) is 17.7. The number of rotatable bonds is 5. The Hall–Kier alpha value is -7.51. The second kappa shape index (κ2) is 12.0. The van der Waals surface area contributed by atoms with Crippen molar-refractivity contribution in [1.29, 1.82) is 0 Å². The van der Waals surface area contributed by atoms with Gasteiger partial charge in [0, 0.05) is 56.2 Å². The van der Waals surface area contributed by atoms with Gasteiger partial charge in [-0.2, -0.15) is 0 Å². The van der Waals surface area contributed by atoms with Crippen molar-refractivity contribution in [2.24, 2.45) is 0 Å². The zero-order chi connectivity index (χ0) is 35.6. The molecule has 0 amide bonds. The highest BCUT2D eigenvalue weighted by Gasteiger charge is 2.19. The number of benzene rings is 7. The Morgan fingerprint density at radius 1 is 0.352 bits per heavy atom. The van der Waals surface area contributed by atoms with E-state index >= 15 is 0 Å². The van der Waals surface area contributed by atoms with Gasteiger partial charge in [0.25, 0.3) is 0 Å². The van der Waals surface area contributed by atoms with Crippen LogP contribution in [0.15, 0.2) is 173 Å². The first kappa shape index (κ1) is 30.1. The summed E-state index contributed by atoms with van der Waals surface area (Å²) in [5.41, 5.74) is 11.8. The lowest BCUT2D eigenvalue weighted by atomic mass is 9.98. The van der Waals surface area contributed by atoms with Crippen LogP contribution in [-0.2, 0) is 0 Å². The third-order valence-corrected chi connectivity index (χ3v) is 10.1. The number of hydrogen-bond acceptors (Lipinski definition) is 7. The fourth-order valence-corrected chi connectivity index (χ4v) is 7.56. The summed E-state index contributed by atoms with van der Waals surface area (Å²) in [5, 5.41) is 4.10. The Morgan fingerprint density at radius 3 is 1.74 bits per heavy atom. The smallest absolute Gasteiger partial charge is 0.164 e. The SMILES string of the molecule is c1ccc(-c2nc(-c3ccc(-c4cccc5oc6ccccc6c45)cc3)nc(-c3cccc4oc5ccc(-c6cccc7nccnc67)cc5c34)n2)cc1. The molecule has 0 saturated heterocycles. The number of fused-ring (bicyclic) bond motifs is 7. The Morgan fingerprint density at radius 2 is 0.926 bits per heavy atom. The summed E-state index contributed by atoms with van der Waals surface area (Å²) in [7, 11) is 0. The molecule has 4 aromatic heterocycles. The molecule has 0 aliphatic heterocycles. The van der Waals surface area contributed by atoms with Crippen LogP contribution in [0.4, 0.5) is 0 Å². The molecule has 0 aliphatic carbocycles. The Labute approximate surface area is 308 Å². The third-order valence-electron chi connectivity index (χ3n) is 10.1. The lowest BCUT2D eigenvalue weighted by molar-refractivity contribution is 0.668. The molecule has 0 N–H and O–H groups in total. The van der Waals surface area contributed by atoms with Gasteiger partial charge < -0.3 is 8.83 Å². The van der Waals surface area contributed by atoms with Crippen LogP contribution in [0.3, 0.4) is 0 Å². The topological polar surface area (TPSA) is 90.7 Å². The van der Waals surface area contributed by atoms with E-state index in [1.807, 2.05) is 91.0 Å². The number of hydrogen-bond donors (Lipinski definition) is 0. The molecule has 0 aliphatic rings. The van der Waals surface area contributed by atoms with Crippen molar-refractivity contribution in [1.82, 2.24) is 24.9 Å². The van der Waals surface area contributed by atoms with Crippen molar-refractivity contribution < 1.29 is 8.83 Å². The van der Waals surface area contributed by atoms with Crippen LogP contribution < -0.4 is 0 Å². The standard InChI is InChI=1S/C47H27N5O2/c1-2-9-29(10-3-1)45-50-46(30-21-19-28(20-22-30)32-12-7-17-40-42(32)34-11-4-5-16-38(34)53-40)52-47(51-45)35-14-8-18-41-43(35)36-27-31(23-24-39(36)54-41)33-13-6-15-37-44(33)49-26-25-48-37/h1-27H. The second-order valence-electron chi connectivity index (χ2n) is 13.2. The molecule has 0 unspecified atom stereocenters. The number of furan rings is 2. The molecule has 11 rings (SSSR count). The summed E-state index contributed by atoms with van der Waals surface area (Å²) in [6.45, 7) is 0. The minimum Gasteiger partial charge on any atom is -0.456 e. The second-order valence-corrected chi connectivity index (χ2v) is 13.2. The summed E-state index contributed by atoms with van der Waals surface area (Å²) in [5.74, 6) is 1.73. The summed E-state index contributed by atoms with van der Waals surface area (Å²) in [6, 6.07) is 51.2. The van der Waals surface area contributed by atoms with Crippen molar-refractivity contribution in [2.75, 3.05) is 0 Å². The first-order chi connectivity index (χ1) is 26.7. The molecule has 252 valence electrons. The zero-order valence-electron chi connectivity index (χ0n) is 28.6. The summed E-state index contributed by atoms with van der Waals surface area (Å²) in [6.07, 6.45) is 3.45. The highest BCUT2D eigenvalue weighted by molar-refractivity contribution is 6.14. The molecule has 7 aromatic carbocycles. The van der Waals surface area contributed by atoms with E-state index in [0.29, 0.717) is 17.5 Å². The van der Waals surface area contributed by atoms with Crippen molar-refractivity contribution in [3.05, 3.63) is 164 Å². The fourth-order valence-electron chi connectivity index (χ4n) is 7.56. The average Bonchev–Trinajstić information content (AvgIpc) is 3.82. The molecule has 0 saturated carbocycles. The van der Waals surface area contributed by atoms with E-state index in [1.54, 1.807) is 12.4 Å². The van der Waals surface area contributed by atoms with Crippen LogP contribution in [0.2, 0.25) is 0 Å². The molecule has 0 radical (unpaired) electrons. The molecule has 7 nitrogen and oxygen atoms in total. The molecule has 4 heterocycles. The quantitative estimate of drug-likeness (QED) is 0.177. The summed E-state index contributed by atoms with van der Waals surface area (Å²) >= 11 is 0. The minimum atomic E-state index is 0.562. The maximum absolute atomic E-state index is 6.42. The zero-order valence-corrected chi connectivity index (χ0v) is 28.6. The van der Waals surface area contributed by atoms with Crippen molar-refractivity contribution >= 4 is 54.9 Å². The normalized spacial score (nSPS) is 11.7. The van der Waals surface area contributed by atoms with Crippen LogP contribution in [0.5, 0.6) is 0 Å². The van der Waals surface area contributed by atoms with E-state index in [4.69, 9.17) is 23.8 Å². The molecule has 54 heavy (non-hydrogen) atoms. The average molecular weight is 694 g/mol. The molecular formula is C47H27N5O2. The van der Waals surface area contributed by atoms with Crippen LogP contribution in [-0.4, -0.2) is 24.9 Å². The van der Waals surface area contributed by atoms with E-state index in [-0.39, 0.29) is 0 Å². The van der Waals surface area contributed by atoms with Gasteiger partial charge in [0.15, 0.2) is 17.5 Å². The Balaban J connectivity index is 1.07. The van der Waals surface area contributed by atoms with Gasteiger partial charge in [0.1, 0.15) is 22.3 Å². The van der Waals surface area contributed by atoms with E-state index in [0.717, 1.165) is 93.9 Å². The highest BCUT2D eigenvalue weighted by Crippen LogP contribution is 2.40. The predicted octanol–water partition coefficient (Wildman–Crippen LogP) is 11.9. The summed E-state index contributed by atoms with van der Waals surface area (Å²) in [4.78, 5) is 24.4. The molecular weight excluding hydrogens is 667 g/mol. The lowest BCUT2D eigenvalue weighted by Crippen LogP contribution is -2.00. The van der Waals surface area contributed by atoms with Crippen molar-refractivity contribution in [3.8, 4) is 56.4 Å². The molecule has 7 heteroatoms. The fraction of sp³-hybridized carbons (Fsp3) is 0. The van der Waals surface area contributed by atoms with Gasteiger partial charge in [-0.1, -0.05) is 115 Å². The number of aromatic nitrogens is 5. The van der Waals surface area contributed by atoms with Crippen LogP contribution >= 0.6 is 0 Å². The van der Waals surface area contributed by atoms with Gasteiger partial charge in [-0.25, -0.2) is 15.0 Å². The monoisotopic (exact) mass is 693 g/mol. The highest BCUT2D eigenvalue weighted by atomic mass is 16.3. The van der Waals surface area contributed by atoms with Gasteiger partial charge in [-0.15, -0.1) is 0 Å². The van der Waals surface area contributed by atoms with E-state index in [2.05, 4.69) is 70.6 Å². The number of nitrogens with zero attached hydrogens (tertiary/aromatic N) is 5. The molecule has 0 bridgehead atoms. The van der Waals surface area contributed by atoms with Gasteiger partial charge in [-0.3, -0.25) is 9.97 Å². The molecule has 0 atom stereocenters. The van der Waals surface area contributed by atoms with E-state index < -0.39 is 0 Å². The van der Waals surface area contributed by atoms with Crippen molar-refractivity contribution in [2.45, 2.75) is 0 Å². The van der Waals surface area contributed by atoms with Gasteiger partial charge in [0.2, 0.25) is 0 Å². The maximum Gasteiger partial charge on any atom is 0.164 e. The maximum atomic E-state index is 6.42. The first-order valence-electron chi connectivity index (χ1n) is 17.7. The van der Waals surface area contributed by atoms with Crippen LogP contribution in [0, 0.1) is 0 Å². The lowest BCUT2D eigenvalue weighted by Gasteiger charge is -2.10. The third kappa shape index (κ3) is 4.87. The predicted molar refractivity (Wildman–Crippen MR) is 215 cm³/mol. The number of para-hydroxylation sites is 2. The minimum absolute atomic E-state index is 0.562. The van der Waals surface area contributed by atoms with Crippen LogP contribution in [0.25, 0.3) is 111 Å².